The lowest BCUT2D eigenvalue weighted by molar-refractivity contribution is 0.225. The zero-order chi connectivity index (χ0) is 49.0. The minimum atomic E-state index is -2.18. The number of aromatic hydroxyl groups is 1. The number of phenolic OH excluding ortho intramolecular Hbond substituents is 1. The molecule has 330 valence electrons. The second-order valence-corrected chi connectivity index (χ2v) is 19.9. The number of imidazole rings is 1. The van der Waals surface area contributed by atoms with Crippen LogP contribution in [-0.4, -0.2) is 19.6 Å². The molecule has 2 aromatic heterocycles. The molecule has 2 heterocycles. The number of hydrogen-bond acceptors (Lipinski definition) is 3. The van der Waals surface area contributed by atoms with E-state index < -0.39 is 6.85 Å². The molecule has 0 saturated heterocycles. The van der Waals surface area contributed by atoms with Gasteiger partial charge in [0.15, 0.2) is 0 Å². The lowest BCUT2D eigenvalue weighted by Crippen LogP contribution is -2.34. The highest BCUT2D eigenvalue weighted by Gasteiger charge is 2.35. The summed E-state index contributed by atoms with van der Waals surface area (Å²) in [6.07, 6.45) is 1.81. The van der Waals surface area contributed by atoms with Gasteiger partial charge in [0.1, 0.15) is 11.6 Å². The predicted molar refractivity (Wildman–Crippen MR) is 279 cm³/mol. The molecule has 0 aliphatic carbocycles. The van der Waals surface area contributed by atoms with E-state index in [9.17, 15) is 5.11 Å². The first-order valence-electron chi connectivity index (χ1n) is 24.7. The minimum absolute atomic E-state index is 0.0164. The highest BCUT2D eigenvalue weighted by Crippen LogP contribution is 2.47. The van der Waals surface area contributed by atoms with Gasteiger partial charge in [-0.3, -0.25) is 9.55 Å². The molecule has 0 radical (unpaired) electrons. The van der Waals surface area contributed by atoms with Crippen molar-refractivity contribution in [3.05, 3.63) is 192 Å². The third-order valence-electron chi connectivity index (χ3n) is 13.9. The molecule has 0 atom stereocenters. The average molecular weight is 867 g/mol. The quantitative estimate of drug-likeness (QED) is 0.149. The lowest BCUT2D eigenvalue weighted by atomic mass is 9.65. The molecule has 0 aliphatic rings. The molecule has 0 saturated carbocycles. The van der Waals surface area contributed by atoms with Crippen LogP contribution in [0.3, 0.4) is 0 Å². The summed E-state index contributed by atoms with van der Waals surface area (Å²) in [5.41, 5.74) is 16.5. The molecular weight excluding hydrogens is 803 g/mol. The standard InChI is InChI=1S/C62H61N3O/c1-39(2)46-35-52(40(3)4)59(66)54(36-46)60-64-58-51(22-17-23-57(58)65(60)56-29-28-50(62(9,10)61(6,7)8)38-53(56)44-20-15-12-16-21-44)48-32-47(42-18-13-11-14-19-42)33-49(34-48)55-37-45(30-31-63-55)43-26-24-41(5)25-27-43/h11-40,66H,1-10H3/i5D3. The van der Waals surface area contributed by atoms with Gasteiger partial charge in [0.25, 0.3) is 0 Å². The fraction of sp³-hybridized carbons (Fsp3) is 0.226. The number of phenols is 1. The van der Waals surface area contributed by atoms with Crippen molar-refractivity contribution in [1.29, 1.82) is 0 Å². The number of fused-ring (bicyclic) bond motifs is 1. The highest BCUT2D eigenvalue weighted by atomic mass is 16.3. The van der Waals surface area contributed by atoms with Crippen LogP contribution >= 0.6 is 0 Å². The molecule has 0 aliphatic heterocycles. The maximum absolute atomic E-state index is 12.4. The average Bonchev–Trinajstić information content (AvgIpc) is 3.73. The van der Waals surface area contributed by atoms with Gasteiger partial charge in [-0.2, -0.15) is 0 Å². The van der Waals surface area contributed by atoms with Gasteiger partial charge in [0.2, 0.25) is 0 Å². The van der Waals surface area contributed by atoms with Gasteiger partial charge in [-0.15, -0.1) is 0 Å². The Morgan fingerprint density at radius 3 is 1.88 bits per heavy atom. The van der Waals surface area contributed by atoms with Crippen molar-refractivity contribution in [2.24, 2.45) is 5.41 Å². The molecule has 9 rings (SSSR count). The monoisotopic (exact) mass is 867 g/mol. The van der Waals surface area contributed by atoms with Gasteiger partial charge >= 0.3 is 0 Å². The molecule has 4 nitrogen and oxygen atoms in total. The first kappa shape index (κ1) is 40.5. The van der Waals surface area contributed by atoms with E-state index in [2.05, 4.69) is 194 Å². The van der Waals surface area contributed by atoms with E-state index in [0.717, 1.165) is 83.6 Å². The number of aryl methyl sites for hydroxylation is 1. The molecule has 0 amide bonds. The van der Waals surface area contributed by atoms with Crippen LogP contribution in [0.4, 0.5) is 0 Å². The Labute approximate surface area is 395 Å². The molecule has 66 heavy (non-hydrogen) atoms. The van der Waals surface area contributed by atoms with Crippen LogP contribution < -0.4 is 0 Å². The van der Waals surface area contributed by atoms with E-state index in [0.29, 0.717) is 17.0 Å². The van der Waals surface area contributed by atoms with Crippen molar-refractivity contribution in [2.45, 2.75) is 86.4 Å². The Morgan fingerprint density at radius 2 is 1.21 bits per heavy atom. The first-order valence-corrected chi connectivity index (χ1v) is 23.2. The molecule has 7 aromatic carbocycles. The van der Waals surface area contributed by atoms with E-state index >= 15 is 0 Å². The van der Waals surface area contributed by atoms with Crippen molar-refractivity contribution in [3.8, 4) is 78.6 Å². The van der Waals surface area contributed by atoms with Crippen LogP contribution in [-0.2, 0) is 5.41 Å². The largest absolute Gasteiger partial charge is 0.507 e. The topological polar surface area (TPSA) is 50.9 Å². The fourth-order valence-electron chi connectivity index (χ4n) is 8.94. The van der Waals surface area contributed by atoms with E-state index in [1.807, 2.05) is 30.5 Å². The summed E-state index contributed by atoms with van der Waals surface area (Å²) in [6.45, 7) is 18.0. The highest BCUT2D eigenvalue weighted by molar-refractivity contribution is 5.98. The molecule has 0 unspecified atom stereocenters. The summed E-state index contributed by atoms with van der Waals surface area (Å²) in [4.78, 5) is 10.6. The third-order valence-corrected chi connectivity index (χ3v) is 13.9. The Morgan fingerprint density at radius 1 is 0.545 bits per heavy atom. The Kier molecular flexibility index (Phi) is 10.7. The van der Waals surface area contributed by atoms with Gasteiger partial charge in [0, 0.05) is 27.0 Å². The molecular formula is C62H61N3O. The van der Waals surface area contributed by atoms with Gasteiger partial charge in [-0.25, -0.2) is 4.98 Å². The molecule has 9 aromatic rings. The normalized spacial score (nSPS) is 13.0. The van der Waals surface area contributed by atoms with Crippen molar-refractivity contribution < 1.29 is 9.22 Å². The summed E-state index contributed by atoms with van der Waals surface area (Å²) < 4.78 is 25.9. The number of nitrogens with zero attached hydrogens (tertiary/aromatic N) is 3. The maximum atomic E-state index is 12.4. The van der Waals surface area contributed by atoms with E-state index in [4.69, 9.17) is 14.1 Å². The molecule has 4 heteroatoms. The van der Waals surface area contributed by atoms with Gasteiger partial charge in [-0.05, 0) is 134 Å². The molecule has 0 fully saturated rings. The van der Waals surface area contributed by atoms with E-state index in [-0.39, 0.29) is 28.4 Å². The number of rotatable bonds is 10. The first-order chi connectivity index (χ1) is 32.8. The SMILES string of the molecule is [2H]C([2H])([2H])c1ccc(-c2ccnc(-c3cc(-c4ccccc4)cc(-c4cccc5c4nc(-c4cc(C(C)C)cc(C(C)C)c4O)n5-c4ccc(C(C)(C)C(C)(C)C)cc4-c4ccccc4)c3)c2)cc1. The van der Waals surface area contributed by atoms with Crippen molar-refractivity contribution in [1.82, 2.24) is 14.5 Å². The summed E-state index contributed by atoms with van der Waals surface area (Å²) in [5, 5.41) is 12.4. The van der Waals surface area contributed by atoms with Crippen molar-refractivity contribution >= 4 is 11.0 Å². The smallest absolute Gasteiger partial charge is 0.149 e. The zero-order valence-corrected chi connectivity index (χ0v) is 39.6. The molecule has 0 bridgehead atoms. The van der Waals surface area contributed by atoms with Crippen LogP contribution in [0.2, 0.25) is 0 Å². The van der Waals surface area contributed by atoms with E-state index in [1.54, 1.807) is 12.1 Å². The predicted octanol–water partition coefficient (Wildman–Crippen LogP) is 17.0. The van der Waals surface area contributed by atoms with Gasteiger partial charge < -0.3 is 5.11 Å². The van der Waals surface area contributed by atoms with Crippen LogP contribution in [0, 0.1) is 12.3 Å². The van der Waals surface area contributed by atoms with Crippen molar-refractivity contribution in [3.63, 3.8) is 0 Å². The lowest BCUT2D eigenvalue weighted by Gasteiger charge is -2.40. The number of para-hydroxylation sites is 1. The minimum Gasteiger partial charge on any atom is -0.507 e. The van der Waals surface area contributed by atoms with Crippen molar-refractivity contribution in [2.75, 3.05) is 0 Å². The summed E-state index contributed by atoms with van der Waals surface area (Å²) in [6, 6.07) is 56.3. The Balaban J connectivity index is 1.33. The van der Waals surface area contributed by atoms with E-state index in [1.165, 1.54) is 5.56 Å². The maximum Gasteiger partial charge on any atom is 0.149 e. The fourth-order valence-corrected chi connectivity index (χ4v) is 8.94. The summed E-state index contributed by atoms with van der Waals surface area (Å²) in [7, 11) is 0. The number of aromatic nitrogens is 3. The van der Waals surface area contributed by atoms with Gasteiger partial charge in [-0.1, -0.05) is 177 Å². The second kappa shape index (κ2) is 17.4. The zero-order valence-electron chi connectivity index (χ0n) is 42.6. The number of benzene rings is 7. The van der Waals surface area contributed by atoms with Crippen LogP contribution in [0.25, 0.3) is 83.9 Å². The number of pyridine rings is 1. The Bertz CT molecular complexity index is 3320. The van der Waals surface area contributed by atoms with Crippen LogP contribution in [0.5, 0.6) is 5.75 Å². The van der Waals surface area contributed by atoms with Gasteiger partial charge in [0.05, 0.1) is 28.0 Å². The summed E-state index contributed by atoms with van der Waals surface area (Å²) in [5.74, 6) is 1.20. The van der Waals surface area contributed by atoms with Crippen LogP contribution in [0.1, 0.15) is 101 Å². The Hall–Kier alpha value is -7.04. The molecule has 0 spiro atoms. The second-order valence-electron chi connectivity index (χ2n) is 19.9. The number of hydrogen-bond donors (Lipinski definition) is 1. The molecule has 1 N–H and O–H groups in total. The summed E-state index contributed by atoms with van der Waals surface area (Å²) >= 11 is 0. The third kappa shape index (κ3) is 8.26. The van der Waals surface area contributed by atoms with Crippen LogP contribution in [0.15, 0.2) is 170 Å².